The molecule has 0 aliphatic carbocycles. The lowest BCUT2D eigenvalue weighted by Crippen LogP contribution is -2.30. The first-order valence-corrected chi connectivity index (χ1v) is 32.9. The van der Waals surface area contributed by atoms with Crippen LogP contribution in [0.3, 0.4) is 0 Å². The van der Waals surface area contributed by atoms with Crippen LogP contribution in [0.1, 0.15) is 335 Å². The molecule has 0 rings (SSSR count). The number of ether oxygens (including phenoxy) is 3. The molecule has 0 saturated heterocycles. The van der Waals surface area contributed by atoms with E-state index in [1.807, 2.05) is 0 Å². The average molecular weight is 1060 g/mol. The second-order valence-corrected chi connectivity index (χ2v) is 22.0. The van der Waals surface area contributed by atoms with Crippen LogP contribution in [-0.4, -0.2) is 37.2 Å². The van der Waals surface area contributed by atoms with Crippen molar-refractivity contribution in [3.8, 4) is 0 Å². The van der Waals surface area contributed by atoms with Gasteiger partial charge in [0, 0.05) is 19.3 Å². The normalized spacial score (nSPS) is 12.5. The fourth-order valence-corrected chi connectivity index (χ4v) is 9.53. The zero-order valence-corrected chi connectivity index (χ0v) is 50.5. The van der Waals surface area contributed by atoms with E-state index in [0.717, 1.165) is 103 Å². The highest BCUT2D eigenvalue weighted by molar-refractivity contribution is 5.71. The van der Waals surface area contributed by atoms with Crippen LogP contribution in [-0.2, 0) is 28.6 Å². The van der Waals surface area contributed by atoms with Crippen molar-refractivity contribution in [2.45, 2.75) is 341 Å². The third-order valence-corrected chi connectivity index (χ3v) is 14.4. The molecule has 6 nitrogen and oxygen atoms in total. The SMILES string of the molecule is CC/C=C\C/C=C\C/C=C\C/C=C\CCCCCCC(=O)OCC(COC(=O)CCCCCCCCCCCCCCCCCCCCCCCC)OC(=O)CCCCCCCCCCC/C=C\C/C=C\CCCCC. The van der Waals surface area contributed by atoms with Gasteiger partial charge in [0.1, 0.15) is 13.2 Å². The van der Waals surface area contributed by atoms with Crippen molar-refractivity contribution >= 4 is 17.9 Å². The fraction of sp³-hybridized carbons (Fsp3) is 0.786. The van der Waals surface area contributed by atoms with Crippen LogP contribution >= 0.6 is 0 Å². The van der Waals surface area contributed by atoms with Gasteiger partial charge < -0.3 is 14.2 Å². The Balaban J connectivity index is 4.36. The van der Waals surface area contributed by atoms with E-state index in [0.29, 0.717) is 19.3 Å². The second-order valence-electron chi connectivity index (χ2n) is 22.0. The molecule has 0 aliphatic rings. The topological polar surface area (TPSA) is 78.9 Å². The van der Waals surface area contributed by atoms with E-state index < -0.39 is 6.10 Å². The van der Waals surface area contributed by atoms with Gasteiger partial charge in [-0.2, -0.15) is 0 Å². The van der Waals surface area contributed by atoms with Crippen LogP contribution < -0.4 is 0 Å². The maximum absolute atomic E-state index is 12.9. The summed E-state index contributed by atoms with van der Waals surface area (Å²) < 4.78 is 16.9. The molecule has 440 valence electrons. The minimum atomic E-state index is -0.788. The van der Waals surface area contributed by atoms with Crippen LogP contribution in [0.2, 0.25) is 0 Å². The number of hydrogen-bond donors (Lipinski definition) is 0. The van der Waals surface area contributed by atoms with Gasteiger partial charge in [-0.15, -0.1) is 0 Å². The number of carbonyl (C=O) groups is 3. The third-order valence-electron chi connectivity index (χ3n) is 14.4. The van der Waals surface area contributed by atoms with Crippen LogP contribution in [0.4, 0.5) is 0 Å². The molecule has 0 heterocycles. The summed E-state index contributed by atoms with van der Waals surface area (Å²) in [6.45, 7) is 6.53. The maximum atomic E-state index is 12.9. The van der Waals surface area contributed by atoms with Crippen LogP contribution in [0, 0.1) is 0 Å². The van der Waals surface area contributed by atoms with Crippen LogP contribution in [0.5, 0.6) is 0 Å². The van der Waals surface area contributed by atoms with Crippen molar-refractivity contribution in [3.63, 3.8) is 0 Å². The van der Waals surface area contributed by atoms with Gasteiger partial charge in [-0.1, -0.05) is 299 Å². The van der Waals surface area contributed by atoms with E-state index in [9.17, 15) is 14.4 Å². The summed E-state index contributed by atoms with van der Waals surface area (Å²) in [5.41, 5.74) is 0. The Morgan fingerprint density at radius 1 is 0.276 bits per heavy atom. The summed E-state index contributed by atoms with van der Waals surface area (Å²) in [6.07, 6.45) is 83.4. The molecule has 0 amide bonds. The summed E-state index contributed by atoms with van der Waals surface area (Å²) >= 11 is 0. The molecule has 0 fully saturated rings. The van der Waals surface area contributed by atoms with Gasteiger partial charge in [0.2, 0.25) is 0 Å². The zero-order valence-electron chi connectivity index (χ0n) is 50.5. The van der Waals surface area contributed by atoms with E-state index in [1.165, 1.54) is 193 Å². The highest BCUT2D eigenvalue weighted by Crippen LogP contribution is 2.17. The number of hydrogen-bond acceptors (Lipinski definition) is 6. The minimum absolute atomic E-state index is 0.0821. The van der Waals surface area contributed by atoms with Gasteiger partial charge in [-0.3, -0.25) is 14.4 Å². The molecule has 0 spiro atoms. The monoisotopic (exact) mass is 1060 g/mol. The first kappa shape index (κ1) is 72.8. The number of esters is 3. The Morgan fingerprint density at radius 2 is 0.513 bits per heavy atom. The molecular formula is C70H124O6. The van der Waals surface area contributed by atoms with Crippen LogP contribution in [0.15, 0.2) is 72.9 Å². The number of unbranched alkanes of at least 4 members (excludes halogenated alkanes) is 37. The molecule has 0 aromatic carbocycles. The standard InChI is InChI=1S/C70H124O6/c1-4-7-10-13-16-19-22-25-28-31-33-34-35-37-39-42-45-48-51-54-57-60-63-69(72)75-66-67(65-74-68(71)62-59-56-53-50-47-44-41-38-30-27-24-21-18-15-12-9-6-3)76-70(73)64-61-58-55-52-49-46-43-40-36-32-29-26-23-20-17-14-11-8-5-2/h9,12,17-18,20-21,26-27,29-30,41,44,67H,4-8,10-11,13-16,19,22-25,28,31-40,42-43,45-66H2,1-3H3/b12-9-,20-17-,21-18-,29-26-,30-27-,44-41-. The van der Waals surface area contributed by atoms with Crippen molar-refractivity contribution in [1.82, 2.24) is 0 Å². The molecule has 0 saturated carbocycles. The molecule has 0 aliphatic heterocycles. The summed E-state index contributed by atoms with van der Waals surface area (Å²) in [5, 5.41) is 0. The summed E-state index contributed by atoms with van der Waals surface area (Å²) in [5.74, 6) is -0.893. The Kier molecular flexibility index (Phi) is 61.7. The van der Waals surface area contributed by atoms with Gasteiger partial charge in [-0.05, 0) is 89.9 Å². The van der Waals surface area contributed by atoms with Crippen LogP contribution in [0.25, 0.3) is 0 Å². The highest BCUT2D eigenvalue weighted by atomic mass is 16.6. The van der Waals surface area contributed by atoms with E-state index in [2.05, 4.69) is 93.7 Å². The molecule has 0 aromatic rings. The van der Waals surface area contributed by atoms with Crippen molar-refractivity contribution < 1.29 is 28.6 Å². The number of allylic oxidation sites excluding steroid dienone is 12. The van der Waals surface area contributed by atoms with E-state index >= 15 is 0 Å². The fourth-order valence-electron chi connectivity index (χ4n) is 9.53. The van der Waals surface area contributed by atoms with E-state index in [-0.39, 0.29) is 31.1 Å². The lowest BCUT2D eigenvalue weighted by molar-refractivity contribution is -0.167. The molecule has 1 atom stereocenters. The molecule has 6 heteroatoms. The molecular weight excluding hydrogens is 937 g/mol. The first-order valence-electron chi connectivity index (χ1n) is 32.9. The largest absolute Gasteiger partial charge is 0.462 e. The maximum Gasteiger partial charge on any atom is 0.306 e. The van der Waals surface area contributed by atoms with Gasteiger partial charge in [0.05, 0.1) is 0 Å². The second kappa shape index (κ2) is 64.4. The minimum Gasteiger partial charge on any atom is -0.462 e. The first-order chi connectivity index (χ1) is 37.5. The van der Waals surface area contributed by atoms with Crippen molar-refractivity contribution in [2.75, 3.05) is 13.2 Å². The average Bonchev–Trinajstić information content (AvgIpc) is 3.42. The molecule has 0 radical (unpaired) electrons. The molecule has 76 heavy (non-hydrogen) atoms. The molecule has 1 unspecified atom stereocenters. The highest BCUT2D eigenvalue weighted by Gasteiger charge is 2.19. The number of carbonyl (C=O) groups excluding carboxylic acids is 3. The Hall–Kier alpha value is -3.15. The lowest BCUT2D eigenvalue weighted by Gasteiger charge is -2.18. The molecule has 0 aromatic heterocycles. The van der Waals surface area contributed by atoms with Gasteiger partial charge in [0.15, 0.2) is 6.10 Å². The Morgan fingerprint density at radius 3 is 0.829 bits per heavy atom. The Bertz CT molecular complexity index is 1400. The summed E-state index contributed by atoms with van der Waals surface area (Å²) in [4.78, 5) is 38.4. The zero-order chi connectivity index (χ0) is 55.0. The summed E-state index contributed by atoms with van der Waals surface area (Å²) in [7, 11) is 0. The van der Waals surface area contributed by atoms with E-state index in [1.54, 1.807) is 0 Å². The predicted octanol–water partition coefficient (Wildman–Crippen LogP) is 22.5. The molecule has 0 N–H and O–H groups in total. The van der Waals surface area contributed by atoms with Crippen molar-refractivity contribution in [3.05, 3.63) is 72.9 Å². The van der Waals surface area contributed by atoms with Crippen molar-refractivity contribution in [2.24, 2.45) is 0 Å². The third kappa shape index (κ3) is 61.7. The smallest absolute Gasteiger partial charge is 0.306 e. The lowest BCUT2D eigenvalue weighted by atomic mass is 10.0. The summed E-state index contributed by atoms with van der Waals surface area (Å²) in [6, 6.07) is 0. The van der Waals surface area contributed by atoms with Gasteiger partial charge in [-0.25, -0.2) is 0 Å². The predicted molar refractivity (Wildman–Crippen MR) is 330 cm³/mol. The Labute approximate surface area is 472 Å². The van der Waals surface area contributed by atoms with E-state index in [4.69, 9.17) is 14.2 Å². The quantitative estimate of drug-likeness (QED) is 0.0261. The van der Waals surface area contributed by atoms with Crippen molar-refractivity contribution in [1.29, 1.82) is 0 Å². The van der Waals surface area contributed by atoms with Gasteiger partial charge >= 0.3 is 17.9 Å². The number of rotatable bonds is 60. The molecule has 0 bridgehead atoms. The van der Waals surface area contributed by atoms with Gasteiger partial charge in [0.25, 0.3) is 0 Å².